The van der Waals surface area contributed by atoms with E-state index in [1.54, 1.807) is 17.3 Å². The molecule has 22 heavy (non-hydrogen) atoms. The zero-order chi connectivity index (χ0) is 16.0. The molecule has 1 saturated heterocycles. The van der Waals surface area contributed by atoms with Gasteiger partial charge >= 0.3 is 0 Å². The summed E-state index contributed by atoms with van der Waals surface area (Å²) in [4.78, 5) is 11.7. The van der Waals surface area contributed by atoms with Crippen LogP contribution in [0.25, 0.3) is 0 Å². The molecular formula is C14H23N3O4S. The Morgan fingerprint density at radius 1 is 1.32 bits per heavy atom. The summed E-state index contributed by atoms with van der Waals surface area (Å²) < 4.78 is 30.7. The summed E-state index contributed by atoms with van der Waals surface area (Å²) in [7, 11) is -3.16. The highest BCUT2D eigenvalue weighted by Crippen LogP contribution is 2.15. The summed E-state index contributed by atoms with van der Waals surface area (Å²) in [6.45, 7) is 3.01. The van der Waals surface area contributed by atoms with Crippen molar-refractivity contribution in [3.63, 3.8) is 0 Å². The topological polar surface area (TPSA) is 92.5 Å². The molecule has 0 saturated carbocycles. The number of nitrogens with one attached hydrogen (secondary N) is 1. The second kappa shape index (κ2) is 7.73. The molecule has 0 aromatic carbocycles. The number of piperidine rings is 1. The van der Waals surface area contributed by atoms with E-state index < -0.39 is 10.0 Å². The Kier molecular flexibility index (Phi) is 5.96. The lowest BCUT2D eigenvalue weighted by Gasteiger charge is -2.25. The van der Waals surface area contributed by atoms with Crippen LogP contribution in [0, 0.1) is 6.92 Å². The molecule has 8 heteroatoms. The molecule has 2 rings (SSSR count). The zero-order valence-corrected chi connectivity index (χ0v) is 13.7. The maximum Gasteiger partial charge on any atom is 0.225 e. The van der Waals surface area contributed by atoms with E-state index in [-0.39, 0.29) is 18.1 Å². The van der Waals surface area contributed by atoms with Gasteiger partial charge in [0.2, 0.25) is 15.9 Å². The molecule has 0 atom stereocenters. The Labute approximate surface area is 131 Å². The van der Waals surface area contributed by atoms with Crippen molar-refractivity contribution in [1.29, 1.82) is 0 Å². The Morgan fingerprint density at radius 2 is 2.05 bits per heavy atom. The van der Waals surface area contributed by atoms with Gasteiger partial charge in [-0.1, -0.05) is 11.6 Å². The lowest BCUT2D eigenvalue weighted by Crippen LogP contribution is -2.37. The highest BCUT2D eigenvalue weighted by atomic mass is 32.2. The summed E-state index contributed by atoms with van der Waals surface area (Å²) >= 11 is 0. The summed E-state index contributed by atoms with van der Waals surface area (Å²) in [6.07, 6.45) is 4.30. The number of carbonyl (C=O) groups is 1. The van der Waals surface area contributed by atoms with Crippen LogP contribution in [-0.2, 0) is 14.8 Å². The highest BCUT2D eigenvalue weighted by molar-refractivity contribution is 7.89. The molecule has 1 aliphatic heterocycles. The molecular weight excluding hydrogens is 306 g/mol. The van der Waals surface area contributed by atoms with E-state index in [4.69, 9.17) is 4.52 Å². The minimum absolute atomic E-state index is 0.114. The normalized spacial score (nSPS) is 16.6. The Hall–Kier alpha value is -1.41. The molecule has 0 radical (unpaired) electrons. The number of hydrogen-bond acceptors (Lipinski definition) is 5. The van der Waals surface area contributed by atoms with E-state index in [0.29, 0.717) is 37.5 Å². The number of aryl methyl sites for hydroxylation is 1. The maximum absolute atomic E-state index is 12.1. The van der Waals surface area contributed by atoms with E-state index in [1.165, 1.54) is 0 Å². The molecule has 1 aromatic heterocycles. The van der Waals surface area contributed by atoms with Crippen molar-refractivity contribution < 1.29 is 17.7 Å². The third-order valence-electron chi connectivity index (χ3n) is 3.66. The first-order chi connectivity index (χ1) is 10.5. The fourth-order valence-electron chi connectivity index (χ4n) is 2.47. The standard InChI is InChI=1S/C14H23N3O4S/c1-12-11-13(16-21-12)15-14(18)7-3-6-10-22(19,20)17-8-4-2-5-9-17/h11H,2-10H2,1H3,(H,15,16,18). The van der Waals surface area contributed by atoms with Gasteiger partial charge in [-0.2, -0.15) is 0 Å². The number of nitrogens with zero attached hydrogens (tertiary/aromatic N) is 2. The second-order valence-corrected chi connectivity index (χ2v) is 7.69. The predicted molar refractivity (Wildman–Crippen MR) is 82.9 cm³/mol. The fraction of sp³-hybridized carbons (Fsp3) is 0.714. The lowest BCUT2D eigenvalue weighted by atomic mass is 10.2. The van der Waals surface area contributed by atoms with Crippen LogP contribution in [0.3, 0.4) is 0 Å². The largest absolute Gasteiger partial charge is 0.360 e. The number of anilines is 1. The van der Waals surface area contributed by atoms with Gasteiger partial charge in [0.1, 0.15) is 5.76 Å². The van der Waals surface area contributed by atoms with Crippen molar-refractivity contribution in [3.8, 4) is 0 Å². The first kappa shape index (κ1) is 17.0. The van der Waals surface area contributed by atoms with Gasteiger partial charge in [0.25, 0.3) is 0 Å². The van der Waals surface area contributed by atoms with Gasteiger partial charge in [-0.25, -0.2) is 12.7 Å². The van der Waals surface area contributed by atoms with Crippen molar-refractivity contribution in [1.82, 2.24) is 9.46 Å². The molecule has 0 spiro atoms. The van der Waals surface area contributed by atoms with Gasteiger partial charge in [-0.3, -0.25) is 4.79 Å². The van der Waals surface area contributed by atoms with Crippen molar-refractivity contribution in [3.05, 3.63) is 11.8 Å². The van der Waals surface area contributed by atoms with E-state index in [1.807, 2.05) is 0 Å². The molecule has 0 unspecified atom stereocenters. The van der Waals surface area contributed by atoms with Crippen molar-refractivity contribution in [2.24, 2.45) is 0 Å². The van der Waals surface area contributed by atoms with Crippen molar-refractivity contribution in [2.75, 3.05) is 24.2 Å². The van der Waals surface area contributed by atoms with Crippen LogP contribution in [0.2, 0.25) is 0 Å². The minimum Gasteiger partial charge on any atom is -0.360 e. The van der Waals surface area contributed by atoms with E-state index in [0.717, 1.165) is 19.3 Å². The van der Waals surface area contributed by atoms with Crippen LogP contribution < -0.4 is 5.32 Å². The number of sulfonamides is 1. The van der Waals surface area contributed by atoms with Crippen LogP contribution in [0.1, 0.15) is 44.3 Å². The molecule has 124 valence electrons. The predicted octanol–water partition coefficient (Wildman–Crippen LogP) is 1.91. The summed E-state index contributed by atoms with van der Waals surface area (Å²) in [5.74, 6) is 0.957. The number of amides is 1. The van der Waals surface area contributed by atoms with Gasteiger partial charge in [0.15, 0.2) is 5.82 Å². The van der Waals surface area contributed by atoms with Gasteiger partial charge < -0.3 is 9.84 Å². The zero-order valence-electron chi connectivity index (χ0n) is 12.9. The number of unbranched alkanes of at least 4 members (excludes halogenated alkanes) is 1. The number of hydrogen-bond donors (Lipinski definition) is 1. The van der Waals surface area contributed by atoms with E-state index in [2.05, 4.69) is 10.5 Å². The van der Waals surface area contributed by atoms with Gasteiger partial charge in [-0.05, 0) is 32.6 Å². The number of aromatic nitrogens is 1. The second-order valence-electron chi connectivity index (χ2n) is 5.60. The van der Waals surface area contributed by atoms with Crippen molar-refractivity contribution in [2.45, 2.75) is 45.4 Å². The average molecular weight is 329 g/mol. The van der Waals surface area contributed by atoms with E-state index in [9.17, 15) is 13.2 Å². The maximum atomic E-state index is 12.1. The number of rotatable bonds is 7. The van der Waals surface area contributed by atoms with Gasteiger partial charge in [0.05, 0.1) is 5.75 Å². The van der Waals surface area contributed by atoms with Crippen LogP contribution in [0.15, 0.2) is 10.6 Å². The molecule has 2 heterocycles. The quantitative estimate of drug-likeness (QED) is 0.771. The minimum atomic E-state index is -3.16. The summed E-state index contributed by atoms with van der Waals surface area (Å²) in [5, 5.41) is 6.30. The lowest BCUT2D eigenvalue weighted by molar-refractivity contribution is -0.116. The van der Waals surface area contributed by atoms with Gasteiger partial charge in [-0.15, -0.1) is 0 Å². The summed E-state index contributed by atoms with van der Waals surface area (Å²) in [6, 6.07) is 1.64. The molecule has 1 aromatic rings. The third-order valence-corrected chi connectivity index (χ3v) is 5.62. The highest BCUT2D eigenvalue weighted by Gasteiger charge is 2.23. The van der Waals surface area contributed by atoms with Gasteiger partial charge in [0, 0.05) is 25.6 Å². The molecule has 0 aliphatic carbocycles. The molecule has 1 aliphatic rings. The average Bonchev–Trinajstić information content (AvgIpc) is 2.90. The Morgan fingerprint density at radius 3 is 2.68 bits per heavy atom. The first-order valence-electron chi connectivity index (χ1n) is 7.68. The molecule has 0 bridgehead atoms. The van der Waals surface area contributed by atoms with Crippen LogP contribution in [-0.4, -0.2) is 42.6 Å². The monoisotopic (exact) mass is 329 g/mol. The third kappa shape index (κ3) is 5.10. The first-order valence-corrected chi connectivity index (χ1v) is 9.29. The molecule has 1 fully saturated rings. The Bertz CT molecular complexity index is 591. The van der Waals surface area contributed by atoms with Crippen LogP contribution in [0.5, 0.6) is 0 Å². The van der Waals surface area contributed by atoms with E-state index >= 15 is 0 Å². The molecule has 1 N–H and O–H groups in total. The van der Waals surface area contributed by atoms with Crippen molar-refractivity contribution >= 4 is 21.7 Å². The summed E-state index contributed by atoms with van der Waals surface area (Å²) in [5.41, 5.74) is 0. The van der Waals surface area contributed by atoms with Crippen LogP contribution in [0.4, 0.5) is 5.82 Å². The SMILES string of the molecule is Cc1cc(NC(=O)CCCCS(=O)(=O)N2CCCCC2)no1. The smallest absolute Gasteiger partial charge is 0.225 e. The fourth-order valence-corrected chi connectivity index (χ4v) is 4.11. The van der Waals surface area contributed by atoms with Crippen LogP contribution >= 0.6 is 0 Å². The number of carbonyl (C=O) groups excluding carboxylic acids is 1. The Balaban J connectivity index is 1.66. The molecule has 1 amide bonds. The molecule has 7 nitrogen and oxygen atoms in total.